The molecule has 0 saturated carbocycles. The zero-order valence-corrected chi connectivity index (χ0v) is 19.5. The molecule has 2 fully saturated rings. The number of amides is 4. The van der Waals surface area contributed by atoms with E-state index in [0.717, 1.165) is 4.90 Å². The topological polar surface area (TPSA) is 128 Å². The van der Waals surface area contributed by atoms with Gasteiger partial charge in [0.25, 0.3) is 11.8 Å². The third-order valence-corrected chi connectivity index (χ3v) is 5.60. The molecule has 2 saturated heterocycles. The Bertz CT molecular complexity index is 1190. The fourth-order valence-corrected chi connectivity index (χ4v) is 3.72. The molecule has 1 aromatic heterocycles. The summed E-state index contributed by atoms with van der Waals surface area (Å²) in [4.78, 5) is 51.4. The van der Waals surface area contributed by atoms with Crippen LogP contribution in [-0.4, -0.2) is 73.6 Å². The second kappa shape index (κ2) is 10.6. The van der Waals surface area contributed by atoms with Crippen molar-refractivity contribution in [1.29, 1.82) is 0 Å². The Labute approximate surface area is 205 Å². The number of furan rings is 1. The Morgan fingerprint density at radius 2 is 1.94 bits per heavy atom. The van der Waals surface area contributed by atoms with Crippen LogP contribution in [0.25, 0.3) is 6.08 Å². The zero-order valence-electron chi connectivity index (χ0n) is 18.7. The molecule has 35 heavy (non-hydrogen) atoms. The summed E-state index contributed by atoms with van der Waals surface area (Å²) in [5, 5.41) is 2.75. The highest BCUT2D eigenvalue weighted by molar-refractivity contribution is 6.32. The van der Waals surface area contributed by atoms with Gasteiger partial charge in [0.15, 0.2) is 6.61 Å². The Morgan fingerprint density at radius 3 is 2.66 bits per heavy atom. The van der Waals surface area contributed by atoms with Gasteiger partial charge in [-0.15, -0.1) is 0 Å². The minimum atomic E-state index is -0.663. The minimum absolute atomic E-state index is 0.0334. The number of nitrogens with zero attached hydrogens (tertiary/aromatic N) is 2. The Kier molecular flexibility index (Phi) is 7.37. The molecule has 12 heteroatoms. The van der Waals surface area contributed by atoms with Gasteiger partial charge in [0.2, 0.25) is 5.76 Å². The third-order valence-electron chi connectivity index (χ3n) is 5.31. The molecule has 3 heterocycles. The highest BCUT2D eigenvalue weighted by Crippen LogP contribution is 2.27. The first-order valence-electron chi connectivity index (χ1n) is 10.6. The van der Waals surface area contributed by atoms with Crippen LogP contribution in [-0.2, 0) is 25.6 Å². The van der Waals surface area contributed by atoms with E-state index in [9.17, 15) is 19.2 Å². The van der Waals surface area contributed by atoms with Crippen LogP contribution in [0.1, 0.15) is 21.9 Å². The van der Waals surface area contributed by atoms with Crippen LogP contribution in [0, 0.1) is 0 Å². The third kappa shape index (κ3) is 5.64. The number of benzene rings is 1. The first kappa shape index (κ1) is 24.3. The number of ether oxygens (including phenoxy) is 3. The minimum Gasteiger partial charge on any atom is -0.482 e. The second-order valence-corrected chi connectivity index (χ2v) is 8.02. The SMILES string of the molecule is COC(=O)c1ccc(CN2C(=O)N/C(=C\c3ccc(OCC(=O)N4CCOCC4)c(Cl)c3)C2=O)o1. The maximum atomic E-state index is 12.7. The quantitative estimate of drug-likeness (QED) is 0.345. The van der Waals surface area contributed by atoms with Gasteiger partial charge in [-0.3, -0.25) is 14.5 Å². The van der Waals surface area contributed by atoms with E-state index in [4.69, 9.17) is 25.5 Å². The van der Waals surface area contributed by atoms with Crippen LogP contribution in [0.3, 0.4) is 0 Å². The smallest absolute Gasteiger partial charge is 0.373 e. The highest BCUT2D eigenvalue weighted by Gasteiger charge is 2.34. The lowest BCUT2D eigenvalue weighted by atomic mass is 10.2. The number of esters is 1. The van der Waals surface area contributed by atoms with Crippen molar-refractivity contribution in [1.82, 2.24) is 15.1 Å². The number of hydrogen-bond donors (Lipinski definition) is 1. The largest absolute Gasteiger partial charge is 0.482 e. The lowest BCUT2D eigenvalue weighted by molar-refractivity contribution is -0.137. The van der Waals surface area contributed by atoms with E-state index in [2.05, 4.69) is 10.1 Å². The van der Waals surface area contributed by atoms with Crippen molar-refractivity contribution in [2.45, 2.75) is 6.54 Å². The van der Waals surface area contributed by atoms with Gasteiger partial charge in [0, 0.05) is 13.1 Å². The van der Waals surface area contributed by atoms with Gasteiger partial charge in [0.1, 0.15) is 17.2 Å². The summed E-state index contributed by atoms with van der Waals surface area (Å²) in [5.74, 6) is -0.870. The summed E-state index contributed by atoms with van der Waals surface area (Å²) in [5.41, 5.74) is 0.584. The van der Waals surface area contributed by atoms with E-state index in [-0.39, 0.29) is 41.3 Å². The van der Waals surface area contributed by atoms with Crippen molar-refractivity contribution in [3.63, 3.8) is 0 Å². The summed E-state index contributed by atoms with van der Waals surface area (Å²) in [6.07, 6.45) is 1.47. The summed E-state index contributed by atoms with van der Waals surface area (Å²) in [6, 6.07) is 7.03. The predicted molar refractivity (Wildman–Crippen MR) is 121 cm³/mol. The maximum Gasteiger partial charge on any atom is 0.373 e. The highest BCUT2D eigenvalue weighted by atomic mass is 35.5. The molecule has 2 aromatic rings. The van der Waals surface area contributed by atoms with E-state index in [1.165, 1.54) is 25.3 Å². The number of carbonyl (C=O) groups excluding carboxylic acids is 4. The lowest BCUT2D eigenvalue weighted by Gasteiger charge is -2.26. The molecule has 184 valence electrons. The van der Waals surface area contributed by atoms with Crippen molar-refractivity contribution in [3.05, 3.63) is 58.1 Å². The molecule has 2 aliphatic heterocycles. The Hall–Kier alpha value is -3.83. The van der Waals surface area contributed by atoms with Gasteiger partial charge in [-0.2, -0.15) is 0 Å². The number of urea groups is 1. The monoisotopic (exact) mass is 503 g/mol. The van der Waals surface area contributed by atoms with E-state index in [1.54, 1.807) is 23.1 Å². The van der Waals surface area contributed by atoms with Crippen molar-refractivity contribution < 1.29 is 37.8 Å². The Balaban J connectivity index is 1.39. The van der Waals surface area contributed by atoms with Crippen molar-refractivity contribution in [2.24, 2.45) is 0 Å². The van der Waals surface area contributed by atoms with Crippen LogP contribution in [0.2, 0.25) is 5.02 Å². The van der Waals surface area contributed by atoms with Gasteiger partial charge in [0.05, 0.1) is 31.9 Å². The molecule has 4 rings (SSSR count). The predicted octanol–water partition coefficient (Wildman–Crippen LogP) is 2.05. The molecule has 1 aromatic carbocycles. The van der Waals surface area contributed by atoms with Crippen molar-refractivity contribution in [2.75, 3.05) is 40.0 Å². The molecule has 11 nitrogen and oxygen atoms in total. The number of carbonyl (C=O) groups is 4. The molecule has 0 atom stereocenters. The fourth-order valence-electron chi connectivity index (χ4n) is 3.48. The van der Waals surface area contributed by atoms with Crippen LogP contribution in [0.5, 0.6) is 5.75 Å². The number of imide groups is 1. The molecule has 2 aliphatic rings. The summed E-state index contributed by atoms with van der Waals surface area (Å²) in [6.45, 7) is 1.71. The Morgan fingerprint density at radius 1 is 1.17 bits per heavy atom. The molecular weight excluding hydrogens is 482 g/mol. The first-order chi connectivity index (χ1) is 16.9. The molecule has 0 spiro atoms. The fraction of sp³-hybridized carbons (Fsp3) is 0.304. The average molecular weight is 504 g/mol. The molecule has 4 amide bonds. The van der Waals surface area contributed by atoms with Crippen LogP contribution in [0.4, 0.5) is 4.79 Å². The summed E-state index contributed by atoms with van der Waals surface area (Å²) < 4.78 is 20.7. The van der Waals surface area contributed by atoms with Gasteiger partial charge in [-0.05, 0) is 35.9 Å². The molecule has 0 radical (unpaired) electrons. The normalized spacial score (nSPS) is 17.0. The van der Waals surface area contributed by atoms with Gasteiger partial charge in [-0.1, -0.05) is 17.7 Å². The maximum absolute atomic E-state index is 12.7. The number of morpholine rings is 1. The van der Waals surface area contributed by atoms with Crippen LogP contribution < -0.4 is 10.1 Å². The number of rotatable bonds is 7. The molecule has 0 bridgehead atoms. The number of halogens is 1. The number of hydrogen-bond acceptors (Lipinski definition) is 8. The van der Waals surface area contributed by atoms with Crippen molar-refractivity contribution >= 4 is 41.5 Å². The van der Waals surface area contributed by atoms with E-state index >= 15 is 0 Å². The molecule has 0 unspecified atom stereocenters. The second-order valence-electron chi connectivity index (χ2n) is 7.61. The van der Waals surface area contributed by atoms with Crippen LogP contribution >= 0.6 is 11.6 Å². The molecular formula is C23H22ClN3O8. The van der Waals surface area contributed by atoms with E-state index in [0.29, 0.717) is 37.6 Å². The first-order valence-corrected chi connectivity index (χ1v) is 11.0. The van der Waals surface area contributed by atoms with Crippen molar-refractivity contribution in [3.8, 4) is 5.75 Å². The number of methoxy groups -OCH3 is 1. The zero-order chi connectivity index (χ0) is 24.9. The van der Waals surface area contributed by atoms with Gasteiger partial charge in [-0.25, -0.2) is 9.59 Å². The molecule has 0 aliphatic carbocycles. The number of nitrogens with one attached hydrogen (secondary N) is 1. The average Bonchev–Trinajstić information content (AvgIpc) is 3.44. The van der Waals surface area contributed by atoms with E-state index in [1.807, 2.05) is 0 Å². The lowest BCUT2D eigenvalue weighted by Crippen LogP contribution is -2.42. The summed E-state index contributed by atoms with van der Waals surface area (Å²) in [7, 11) is 1.22. The van der Waals surface area contributed by atoms with Crippen LogP contribution in [0.15, 0.2) is 40.4 Å². The summed E-state index contributed by atoms with van der Waals surface area (Å²) >= 11 is 6.29. The molecule has 1 N–H and O–H groups in total. The van der Waals surface area contributed by atoms with E-state index < -0.39 is 17.9 Å². The standard InChI is InChI=1S/C23H22ClN3O8/c1-32-22(30)19-5-3-15(35-19)12-27-21(29)17(25-23(27)31)11-14-2-4-18(16(24)10-14)34-13-20(28)26-6-8-33-9-7-26/h2-5,10-11H,6-9,12-13H2,1H3,(H,25,31)/b17-11-. The van der Waals surface area contributed by atoms with Gasteiger partial charge >= 0.3 is 12.0 Å². The van der Waals surface area contributed by atoms with Gasteiger partial charge < -0.3 is 28.8 Å².